The van der Waals surface area contributed by atoms with Crippen molar-refractivity contribution in [1.82, 2.24) is 10.2 Å². The molecule has 0 aliphatic carbocycles. The molecule has 20 heavy (non-hydrogen) atoms. The first-order valence-corrected chi connectivity index (χ1v) is 6.23. The Labute approximate surface area is 125 Å². The van der Waals surface area contributed by atoms with Crippen LogP contribution in [-0.4, -0.2) is 42.9 Å². The van der Waals surface area contributed by atoms with E-state index in [0.29, 0.717) is 6.42 Å². The predicted octanol–water partition coefficient (Wildman–Crippen LogP) is 0.571. The Balaban J connectivity index is 0.00000361. The second-order valence-corrected chi connectivity index (χ2v) is 4.77. The van der Waals surface area contributed by atoms with E-state index in [-0.39, 0.29) is 24.2 Å². The van der Waals surface area contributed by atoms with E-state index in [1.165, 1.54) is 4.90 Å². The number of nitrogens with zero attached hydrogens (tertiary/aromatic N) is 1. The lowest BCUT2D eigenvalue weighted by molar-refractivity contribution is -0.134. The number of rotatable bonds is 5. The Bertz CT molecular complexity index is 435. The Hall–Kier alpha value is -1.59. The van der Waals surface area contributed by atoms with Gasteiger partial charge in [0, 0.05) is 20.5 Å². The van der Waals surface area contributed by atoms with Crippen LogP contribution in [0.25, 0.3) is 0 Å². The molecule has 2 atom stereocenters. The van der Waals surface area contributed by atoms with Gasteiger partial charge in [0.25, 0.3) is 0 Å². The lowest BCUT2D eigenvalue weighted by Crippen LogP contribution is -2.51. The highest BCUT2D eigenvalue weighted by Gasteiger charge is 2.23. The number of benzene rings is 1. The minimum Gasteiger partial charge on any atom is -0.347 e. The number of halogens is 1. The van der Waals surface area contributed by atoms with Gasteiger partial charge in [-0.25, -0.2) is 0 Å². The van der Waals surface area contributed by atoms with E-state index >= 15 is 0 Å². The topological polar surface area (TPSA) is 75.4 Å². The van der Waals surface area contributed by atoms with Gasteiger partial charge in [-0.15, -0.1) is 12.4 Å². The standard InChI is InChI=1S/C14H21N3O2.ClH/c1-10(15)13(18)16-12(14(19)17(2)3)9-11-7-5-4-6-8-11;/h4-8,10,12H,9,15H2,1-3H3,(H,16,18);1H/t10-,12?;/m1./s1. The van der Waals surface area contributed by atoms with E-state index < -0.39 is 12.1 Å². The number of nitrogens with one attached hydrogen (secondary N) is 1. The maximum atomic E-state index is 12.1. The van der Waals surface area contributed by atoms with Crippen LogP contribution in [0.3, 0.4) is 0 Å². The highest BCUT2D eigenvalue weighted by molar-refractivity contribution is 5.89. The summed E-state index contributed by atoms with van der Waals surface area (Å²) in [6, 6.07) is 8.35. The smallest absolute Gasteiger partial charge is 0.244 e. The van der Waals surface area contributed by atoms with Crippen LogP contribution in [0.5, 0.6) is 0 Å². The van der Waals surface area contributed by atoms with Crippen LogP contribution in [0, 0.1) is 0 Å². The van der Waals surface area contributed by atoms with E-state index in [2.05, 4.69) is 5.32 Å². The van der Waals surface area contributed by atoms with E-state index in [4.69, 9.17) is 5.73 Å². The van der Waals surface area contributed by atoms with Crippen molar-refractivity contribution in [2.24, 2.45) is 5.73 Å². The lowest BCUT2D eigenvalue weighted by atomic mass is 10.0. The van der Waals surface area contributed by atoms with Gasteiger partial charge in [0.2, 0.25) is 11.8 Å². The van der Waals surface area contributed by atoms with Gasteiger partial charge >= 0.3 is 0 Å². The highest BCUT2D eigenvalue weighted by atomic mass is 35.5. The fourth-order valence-corrected chi connectivity index (χ4v) is 1.66. The first-order chi connectivity index (χ1) is 8.91. The van der Waals surface area contributed by atoms with Gasteiger partial charge in [-0.1, -0.05) is 30.3 Å². The van der Waals surface area contributed by atoms with Gasteiger partial charge < -0.3 is 16.0 Å². The Morgan fingerprint density at radius 3 is 2.25 bits per heavy atom. The maximum absolute atomic E-state index is 12.1. The van der Waals surface area contributed by atoms with Crippen molar-refractivity contribution in [3.63, 3.8) is 0 Å². The molecule has 1 rings (SSSR count). The van der Waals surface area contributed by atoms with Crippen LogP contribution >= 0.6 is 12.4 Å². The summed E-state index contributed by atoms with van der Waals surface area (Å²) in [5, 5.41) is 2.69. The molecule has 0 aliphatic rings. The highest BCUT2D eigenvalue weighted by Crippen LogP contribution is 2.05. The van der Waals surface area contributed by atoms with Crippen LogP contribution in [0.2, 0.25) is 0 Å². The van der Waals surface area contributed by atoms with Crippen LogP contribution in [-0.2, 0) is 16.0 Å². The predicted molar refractivity (Wildman–Crippen MR) is 81.7 cm³/mol. The first-order valence-electron chi connectivity index (χ1n) is 6.23. The van der Waals surface area contributed by atoms with Crippen LogP contribution in [0.15, 0.2) is 30.3 Å². The van der Waals surface area contributed by atoms with Gasteiger partial charge in [0.05, 0.1) is 6.04 Å². The zero-order valence-corrected chi connectivity index (χ0v) is 12.8. The third-order valence-electron chi connectivity index (χ3n) is 2.75. The van der Waals surface area contributed by atoms with Crippen LogP contribution in [0.4, 0.5) is 0 Å². The van der Waals surface area contributed by atoms with Crippen LogP contribution in [0.1, 0.15) is 12.5 Å². The molecule has 0 bridgehead atoms. The van der Waals surface area contributed by atoms with E-state index in [9.17, 15) is 9.59 Å². The number of hydrogen-bond acceptors (Lipinski definition) is 3. The molecule has 0 fully saturated rings. The largest absolute Gasteiger partial charge is 0.347 e. The molecule has 112 valence electrons. The molecule has 0 saturated heterocycles. The third kappa shape index (κ3) is 5.59. The Kier molecular flexibility index (Phi) is 7.87. The molecule has 0 aliphatic heterocycles. The molecule has 2 amide bonds. The quantitative estimate of drug-likeness (QED) is 0.835. The summed E-state index contributed by atoms with van der Waals surface area (Å²) < 4.78 is 0. The van der Waals surface area contributed by atoms with Crippen molar-refractivity contribution < 1.29 is 9.59 Å². The fourth-order valence-electron chi connectivity index (χ4n) is 1.66. The normalized spacial score (nSPS) is 12.8. The summed E-state index contributed by atoms with van der Waals surface area (Å²) in [6.45, 7) is 1.59. The van der Waals surface area contributed by atoms with E-state index in [1.807, 2.05) is 30.3 Å². The summed E-state index contributed by atoms with van der Waals surface area (Å²) >= 11 is 0. The summed E-state index contributed by atoms with van der Waals surface area (Å²) in [5.74, 6) is -0.464. The molecule has 0 radical (unpaired) electrons. The second kappa shape index (κ2) is 8.55. The zero-order valence-electron chi connectivity index (χ0n) is 12.0. The number of hydrogen-bond donors (Lipinski definition) is 2. The molecule has 1 unspecified atom stereocenters. The molecule has 6 heteroatoms. The average molecular weight is 300 g/mol. The van der Waals surface area contributed by atoms with Gasteiger partial charge in [0.1, 0.15) is 6.04 Å². The third-order valence-corrected chi connectivity index (χ3v) is 2.75. The minimum absolute atomic E-state index is 0. The van der Waals surface area contributed by atoms with Gasteiger partial charge in [0.15, 0.2) is 0 Å². The molecule has 5 nitrogen and oxygen atoms in total. The number of carbonyl (C=O) groups is 2. The first kappa shape index (κ1) is 18.4. The molecule has 3 N–H and O–H groups in total. The molecule has 0 spiro atoms. The lowest BCUT2D eigenvalue weighted by Gasteiger charge is -2.22. The zero-order chi connectivity index (χ0) is 14.4. The average Bonchev–Trinajstić information content (AvgIpc) is 2.37. The van der Waals surface area contributed by atoms with Crippen molar-refractivity contribution in [1.29, 1.82) is 0 Å². The number of likely N-dealkylation sites (N-methyl/N-ethyl adjacent to an activating group) is 1. The van der Waals surface area contributed by atoms with Crippen molar-refractivity contribution >= 4 is 24.2 Å². The summed E-state index contributed by atoms with van der Waals surface area (Å²) in [7, 11) is 3.33. The summed E-state index contributed by atoms with van der Waals surface area (Å²) in [4.78, 5) is 25.2. The Morgan fingerprint density at radius 2 is 1.80 bits per heavy atom. The van der Waals surface area contributed by atoms with E-state index in [0.717, 1.165) is 5.56 Å². The SMILES string of the molecule is C[C@@H](N)C(=O)NC(Cc1ccccc1)C(=O)N(C)C.Cl. The molecule has 1 aromatic carbocycles. The monoisotopic (exact) mass is 299 g/mol. The Morgan fingerprint density at radius 1 is 1.25 bits per heavy atom. The summed E-state index contributed by atoms with van der Waals surface area (Å²) in [5.41, 5.74) is 6.51. The van der Waals surface area contributed by atoms with Crippen molar-refractivity contribution in [2.45, 2.75) is 25.4 Å². The van der Waals surface area contributed by atoms with Crippen LogP contribution < -0.4 is 11.1 Å². The molecule has 0 aromatic heterocycles. The van der Waals surface area contributed by atoms with Gasteiger partial charge in [-0.05, 0) is 12.5 Å². The number of nitrogens with two attached hydrogens (primary N) is 1. The van der Waals surface area contributed by atoms with E-state index in [1.54, 1.807) is 21.0 Å². The second-order valence-electron chi connectivity index (χ2n) is 4.77. The molecular weight excluding hydrogens is 278 g/mol. The molecule has 0 saturated carbocycles. The minimum atomic E-state index is -0.631. The number of amides is 2. The molecule has 1 aromatic rings. The fraction of sp³-hybridized carbons (Fsp3) is 0.429. The maximum Gasteiger partial charge on any atom is 0.244 e. The molecule has 0 heterocycles. The van der Waals surface area contributed by atoms with Crippen molar-refractivity contribution in [3.05, 3.63) is 35.9 Å². The van der Waals surface area contributed by atoms with Crippen molar-refractivity contribution in [2.75, 3.05) is 14.1 Å². The summed E-state index contributed by atoms with van der Waals surface area (Å²) in [6.07, 6.45) is 0.455. The number of carbonyl (C=O) groups excluding carboxylic acids is 2. The van der Waals surface area contributed by atoms with Gasteiger partial charge in [-0.3, -0.25) is 9.59 Å². The van der Waals surface area contributed by atoms with Gasteiger partial charge in [-0.2, -0.15) is 0 Å². The molecular formula is C14H22ClN3O2. The van der Waals surface area contributed by atoms with Crippen molar-refractivity contribution in [3.8, 4) is 0 Å².